The van der Waals surface area contributed by atoms with Gasteiger partial charge >= 0.3 is 5.97 Å². The lowest BCUT2D eigenvalue weighted by Crippen LogP contribution is -2.49. The van der Waals surface area contributed by atoms with Crippen molar-refractivity contribution in [3.8, 4) is 0 Å². The first kappa shape index (κ1) is 18.7. The van der Waals surface area contributed by atoms with E-state index in [0.29, 0.717) is 11.3 Å². The van der Waals surface area contributed by atoms with Gasteiger partial charge in [0.25, 0.3) is 0 Å². The summed E-state index contributed by atoms with van der Waals surface area (Å²) in [7, 11) is 2.01. The van der Waals surface area contributed by atoms with Gasteiger partial charge < -0.3 is 15.4 Å². The Bertz CT molecular complexity index is 1120. The second-order valence-electron chi connectivity index (χ2n) is 7.85. The number of rotatable bonds is 3. The topological polar surface area (TPSA) is 64.4 Å². The summed E-state index contributed by atoms with van der Waals surface area (Å²) in [6.07, 6.45) is 5.77. The number of aromatic carboxylic acids is 1. The van der Waals surface area contributed by atoms with Crippen LogP contribution < -0.4 is 10.1 Å². The van der Waals surface area contributed by atoms with E-state index in [0.717, 1.165) is 27.3 Å². The zero-order valence-electron chi connectivity index (χ0n) is 16.3. The number of carboxylic acid groups (broad SMARTS) is 1. The maximum absolute atomic E-state index is 11.8. The molecule has 2 N–H and O–H groups in total. The number of carboxylic acids is 1. The van der Waals surface area contributed by atoms with E-state index in [9.17, 15) is 9.90 Å². The highest BCUT2D eigenvalue weighted by Gasteiger charge is 2.40. The van der Waals surface area contributed by atoms with Crippen molar-refractivity contribution in [3.63, 3.8) is 0 Å². The summed E-state index contributed by atoms with van der Waals surface area (Å²) in [4.78, 5) is 14.7. The molecule has 0 saturated carbocycles. The Labute approximate surface area is 169 Å². The Hall–Kier alpha value is -2.70. The van der Waals surface area contributed by atoms with Crippen molar-refractivity contribution in [3.05, 3.63) is 74.6 Å². The number of allylic oxidation sites excluding steroid dienone is 5. The Balaban J connectivity index is 2.10. The normalized spacial score (nSPS) is 17.1. The highest BCUT2D eigenvalue weighted by atomic mass is 32.1. The average Bonchev–Trinajstić information content (AvgIpc) is 3.12. The number of hydrogen-bond acceptors (Lipinski definition) is 4. The quantitative estimate of drug-likeness (QED) is 0.747. The van der Waals surface area contributed by atoms with Crippen LogP contribution in [0.2, 0.25) is 13.1 Å². The summed E-state index contributed by atoms with van der Waals surface area (Å²) in [6.45, 7) is 4.62. The third-order valence-electron chi connectivity index (χ3n) is 5.55. The first-order chi connectivity index (χ1) is 13.2. The van der Waals surface area contributed by atoms with Gasteiger partial charge in [-0.2, -0.15) is 0 Å². The van der Waals surface area contributed by atoms with Gasteiger partial charge in [-0.1, -0.05) is 25.2 Å². The zero-order chi connectivity index (χ0) is 20.2. The number of nitrogens with zero attached hydrogens (tertiary/aromatic N) is 1. The number of thiophene rings is 1. The van der Waals surface area contributed by atoms with E-state index >= 15 is 0 Å². The van der Waals surface area contributed by atoms with Crippen LogP contribution in [-0.4, -0.2) is 39.0 Å². The number of nitrogens with one attached hydrogen (secondary N) is 1. The van der Waals surface area contributed by atoms with Gasteiger partial charge in [-0.3, -0.25) is 0 Å². The molecular formula is C22H22N2O2SSi. The molecule has 1 aromatic heterocycles. The van der Waals surface area contributed by atoms with Crippen molar-refractivity contribution < 1.29 is 9.90 Å². The van der Waals surface area contributed by atoms with E-state index in [2.05, 4.69) is 36.2 Å². The van der Waals surface area contributed by atoms with Crippen molar-refractivity contribution in [1.82, 2.24) is 0 Å². The van der Waals surface area contributed by atoms with Crippen LogP contribution in [0.3, 0.4) is 0 Å². The molecule has 1 aliphatic carbocycles. The van der Waals surface area contributed by atoms with Gasteiger partial charge in [0.05, 0.1) is 11.3 Å². The molecule has 0 bridgehead atoms. The molecular weight excluding hydrogens is 384 g/mol. The van der Waals surface area contributed by atoms with Gasteiger partial charge in [0, 0.05) is 30.2 Å². The molecule has 0 unspecified atom stereocenters. The lowest BCUT2D eigenvalue weighted by Gasteiger charge is -2.38. The van der Waals surface area contributed by atoms with Gasteiger partial charge in [0.1, 0.15) is 8.07 Å². The van der Waals surface area contributed by atoms with Gasteiger partial charge in [0.15, 0.2) is 0 Å². The van der Waals surface area contributed by atoms with Crippen molar-refractivity contribution >= 4 is 47.5 Å². The molecule has 0 radical (unpaired) electrons. The molecule has 4 rings (SSSR count). The van der Waals surface area contributed by atoms with E-state index in [1.807, 2.05) is 31.6 Å². The first-order valence-electron chi connectivity index (χ1n) is 9.08. The standard InChI is InChI=1S/C22H22N2O2SSi/c1-24(2)14-6-8-16-19(12-14)28(3,4)18-11-13(23)5-7-15(18)20(16)21-17(22(25)26)9-10-27-21/h5-12,23H,1-4H3,(H,25,26). The van der Waals surface area contributed by atoms with E-state index in [1.165, 1.54) is 21.7 Å². The van der Waals surface area contributed by atoms with Gasteiger partial charge in [-0.15, -0.1) is 11.3 Å². The largest absolute Gasteiger partial charge is 0.478 e. The lowest BCUT2D eigenvalue weighted by atomic mass is 9.92. The highest BCUT2D eigenvalue weighted by Crippen LogP contribution is 2.43. The molecule has 0 amide bonds. The summed E-state index contributed by atoms with van der Waals surface area (Å²) >= 11 is 1.47. The monoisotopic (exact) mass is 406 g/mol. The minimum Gasteiger partial charge on any atom is -0.478 e. The van der Waals surface area contributed by atoms with Crippen LogP contribution in [0.1, 0.15) is 20.8 Å². The maximum Gasteiger partial charge on any atom is 0.337 e. The first-order valence-corrected chi connectivity index (χ1v) is 13.0. The van der Waals surface area contributed by atoms with Gasteiger partial charge in [0.2, 0.25) is 0 Å². The van der Waals surface area contributed by atoms with Crippen LogP contribution >= 0.6 is 11.3 Å². The number of hydrogen-bond donors (Lipinski definition) is 2. The highest BCUT2D eigenvalue weighted by molar-refractivity contribution is 7.11. The molecule has 0 fully saturated rings. The number of anilines is 1. The summed E-state index contributed by atoms with van der Waals surface area (Å²) < 4.78 is 0. The third kappa shape index (κ3) is 2.72. The van der Waals surface area contributed by atoms with Gasteiger partial charge in [-0.25, -0.2) is 4.79 Å². The molecule has 1 aromatic carbocycles. The molecule has 0 saturated heterocycles. The average molecular weight is 407 g/mol. The predicted octanol–water partition coefficient (Wildman–Crippen LogP) is 4.30. The Morgan fingerprint density at radius 1 is 1.18 bits per heavy atom. The second kappa shape index (κ2) is 6.43. The fraction of sp³-hybridized carbons (Fsp3) is 0.182. The van der Waals surface area contributed by atoms with Gasteiger partial charge in [-0.05, 0) is 57.3 Å². The Morgan fingerprint density at radius 3 is 2.61 bits per heavy atom. The number of carbonyl (C=O) groups is 1. The van der Waals surface area contributed by atoms with Crippen molar-refractivity contribution in [2.24, 2.45) is 0 Å². The third-order valence-corrected chi connectivity index (χ3v) is 10.00. The van der Waals surface area contributed by atoms with Crippen LogP contribution in [0, 0.1) is 5.41 Å². The molecule has 0 spiro atoms. The van der Waals surface area contributed by atoms with Crippen LogP contribution in [0.5, 0.6) is 0 Å². The molecule has 142 valence electrons. The van der Waals surface area contributed by atoms with Crippen LogP contribution in [0.15, 0.2) is 58.6 Å². The smallest absolute Gasteiger partial charge is 0.337 e. The summed E-state index contributed by atoms with van der Waals surface area (Å²) in [6, 6.07) is 8.16. The summed E-state index contributed by atoms with van der Waals surface area (Å²) in [5, 5.41) is 22.2. The van der Waals surface area contributed by atoms with E-state index < -0.39 is 14.0 Å². The SMILES string of the molecule is CN(C)c1ccc2c(c1)[Si](C)(C)C1=CC(=N)C=CC1=C2c1sccc1C(=O)O. The van der Waals surface area contributed by atoms with Crippen LogP contribution in [0.4, 0.5) is 5.69 Å². The molecule has 1 aliphatic heterocycles. The summed E-state index contributed by atoms with van der Waals surface area (Å²) in [5.74, 6) is -0.907. The molecule has 2 heterocycles. The maximum atomic E-state index is 11.8. The zero-order valence-corrected chi connectivity index (χ0v) is 18.1. The van der Waals surface area contributed by atoms with Crippen molar-refractivity contribution in [2.75, 3.05) is 19.0 Å². The van der Waals surface area contributed by atoms with Crippen LogP contribution in [-0.2, 0) is 0 Å². The lowest BCUT2D eigenvalue weighted by molar-refractivity contribution is 0.0697. The molecule has 28 heavy (non-hydrogen) atoms. The molecule has 4 nitrogen and oxygen atoms in total. The van der Waals surface area contributed by atoms with Crippen molar-refractivity contribution in [2.45, 2.75) is 13.1 Å². The fourth-order valence-corrected chi connectivity index (χ4v) is 8.07. The second-order valence-corrected chi connectivity index (χ2v) is 13.1. The molecule has 0 atom stereocenters. The minimum atomic E-state index is -2.05. The van der Waals surface area contributed by atoms with E-state index in [-0.39, 0.29) is 0 Å². The summed E-state index contributed by atoms with van der Waals surface area (Å²) in [5.41, 5.74) is 5.14. The van der Waals surface area contributed by atoms with Crippen molar-refractivity contribution in [1.29, 1.82) is 5.41 Å². The molecule has 2 aliphatic rings. The fourth-order valence-electron chi connectivity index (χ4n) is 4.03. The van der Waals surface area contributed by atoms with E-state index in [1.54, 1.807) is 12.1 Å². The number of fused-ring (bicyclic) bond motifs is 2. The molecule has 6 heteroatoms. The predicted molar refractivity (Wildman–Crippen MR) is 120 cm³/mol. The number of benzene rings is 1. The Morgan fingerprint density at radius 2 is 1.93 bits per heavy atom. The van der Waals surface area contributed by atoms with E-state index in [4.69, 9.17) is 5.41 Å². The van der Waals surface area contributed by atoms with Crippen LogP contribution in [0.25, 0.3) is 5.57 Å². The Kier molecular flexibility index (Phi) is 4.28. The minimum absolute atomic E-state index is 0.338. The molecule has 2 aromatic rings.